The molecule has 0 aliphatic rings. The highest BCUT2D eigenvalue weighted by molar-refractivity contribution is 6.22. The van der Waals surface area contributed by atoms with Gasteiger partial charge in [0.1, 0.15) is 5.58 Å². The Morgan fingerprint density at radius 3 is 2.17 bits per heavy atom. The average molecular weight is 604 g/mol. The van der Waals surface area contributed by atoms with Crippen molar-refractivity contribution in [2.24, 2.45) is 9.98 Å². The van der Waals surface area contributed by atoms with Gasteiger partial charge in [0.2, 0.25) is 0 Å². The number of para-hydroxylation sites is 2. The summed E-state index contributed by atoms with van der Waals surface area (Å²) >= 11 is 0. The summed E-state index contributed by atoms with van der Waals surface area (Å²) in [5, 5.41) is 6.84. The standard InChI is InChI=1S/C43H29N3O/c1-44-43(45-27-28-21-23-30(24-22-28)29-11-3-2-4-12-29)36-17-10-20-39-40(36)35-16-9-19-38(42(35)47-39)46-37-18-8-7-15-33(37)34-26-25-31-13-5-6-14-32(31)41(34)46/h2-26H,1,27H2. The van der Waals surface area contributed by atoms with E-state index >= 15 is 0 Å². The molecule has 222 valence electrons. The Balaban J connectivity index is 1.20. The minimum absolute atomic E-state index is 0.495. The van der Waals surface area contributed by atoms with E-state index in [9.17, 15) is 0 Å². The van der Waals surface area contributed by atoms with Gasteiger partial charge in [0.15, 0.2) is 11.4 Å². The lowest BCUT2D eigenvalue weighted by Crippen LogP contribution is -1.99. The average Bonchev–Trinajstić information content (AvgIpc) is 3.69. The van der Waals surface area contributed by atoms with Gasteiger partial charge in [-0.15, -0.1) is 0 Å². The van der Waals surface area contributed by atoms with Crippen LogP contribution < -0.4 is 0 Å². The lowest BCUT2D eigenvalue weighted by atomic mass is 10.0. The Bertz CT molecular complexity index is 2660. The van der Waals surface area contributed by atoms with E-state index in [1.807, 2.05) is 18.2 Å². The van der Waals surface area contributed by atoms with E-state index in [0.29, 0.717) is 12.4 Å². The SMILES string of the molecule is C=NC(=NCc1ccc(-c2ccccc2)cc1)c1cccc2oc3c(-n4c5ccccc5c5ccc6ccccc6c54)cccc3c12. The van der Waals surface area contributed by atoms with Crippen LogP contribution in [0, 0.1) is 0 Å². The van der Waals surface area contributed by atoms with Gasteiger partial charge in [0.05, 0.1) is 23.3 Å². The Labute approximate surface area is 271 Å². The topological polar surface area (TPSA) is 42.8 Å². The summed E-state index contributed by atoms with van der Waals surface area (Å²) in [7, 11) is 0. The van der Waals surface area contributed by atoms with Gasteiger partial charge in [-0.05, 0) is 47.0 Å². The zero-order chi connectivity index (χ0) is 31.3. The van der Waals surface area contributed by atoms with E-state index in [0.717, 1.165) is 44.3 Å². The first-order chi connectivity index (χ1) is 23.3. The Morgan fingerprint density at radius 2 is 1.32 bits per heavy atom. The fourth-order valence-electron chi connectivity index (χ4n) is 7.00. The molecule has 0 fully saturated rings. The fourth-order valence-corrected chi connectivity index (χ4v) is 7.00. The first-order valence-corrected chi connectivity index (χ1v) is 15.8. The summed E-state index contributed by atoms with van der Waals surface area (Å²) in [6, 6.07) is 53.0. The number of furan rings is 1. The molecule has 4 nitrogen and oxygen atoms in total. The molecule has 0 radical (unpaired) electrons. The van der Waals surface area contributed by atoms with Crippen molar-refractivity contribution in [3.63, 3.8) is 0 Å². The summed E-state index contributed by atoms with van der Waals surface area (Å²) in [6.07, 6.45) is 0. The minimum atomic E-state index is 0.495. The number of nitrogens with zero attached hydrogens (tertiary/aromatic N) is 3. The van der Waals surface area contributed by atoms with E-state index in [1.165, 1.54) is 38.2 Å². The minimum Gasteiger partial charge on any atom is -0.454 e. The highest BCUT2D eigenvalue weighted by Crippen LogP contribution is 2.41. The maximum Gasteiger partial charge on any atom is 0.159 e. The molecular weight excluding hydrogens is 574 g/mol. The molecule has 0 atom stereocenters. The summed E-state index contributed by atoms with van der Waals surface area (Å²) in [4.78, 5) is 9.37. The van der Waals surface area contributed by atoms with Crippen LogP contribution in [0.1, 0.15) is 11.1 Å². The van der Waals surface area contributed by atoms with Gasteiger partial charge < -0.3 is 8.98 Å². The highest BCUT2D eigenvalue weighted by Gasteiger charge is 2.21. The molecule has 0 spiro atoms. The maximum absolute atomic E-state index is 6.73. The molecule has 9 aromatic rings. The highest BCUT2D eigenvalue weighted by atomic mass is 16.3. The van der Waals surface area contributed by atoms with Crippen molar-refractivity contribution in [1.82, 2.24) is 4.57 Å². The van der Waals surface area contributed by atoms with Crippen LogP contribution in [0.3, 0.4) is 0 Å². The second kappa shape index (κ2) is 11.0. The zero-order valence-corrected chi connectivity index (χ0v) is 25.6. The van der Waals surface area contributed by atoms with E-state index in [1.54, 1.807) is 0 Å². The van der Waals surface area contributed by atoms with Crippen molar-refractivity contribution in [2.45, 2.75) is 6.54 Å². The van der Waals surface area contributed by atoms with Crippen LogP contribution in [-0.2, 0) is 6.54 Å². The number of fused-ring (bicyclic) bond motifs is 8. The number of amidine groups is 1. The van der Waals surface area contributed by atoms with Gasteiger partial charge in [-0.25, -0.2) is 4.99 Å². The zero-order valence-electron chi connectivity index (χ0n) is 25.6. The Kier molecular flexibility index (Phi) is 6.32. The lowest BCUT2D eigenvalue weighted by molar-refractivity contribution is 0.666. The van der Waals surface area contributed by atoms with Crippen molar-refractivity contribution in [3.05, 3.63) is 163 Å². The first-order valence-electron chi connectivity index (χ1n) is 15.8. The number of aliphatic imine (C=N–C) groups is 2. The third-order valence-electron chi connectivity index (χ3n) is 9.17. The second-order valence-corrected chi connectivity index (χ2v) is 11.8. The third-order valence-corrected chi connectivity index (χ3v) is 9.17. The van der Waals surface area contributed by atoms with Crippen LogP contribution >= 0.6 is 0 Å². The van der Waals surface area contributed by atoms with Crippen LogP contribution in [0.2, 0.25) is 0 Å². The molecule has 2 aromatic heterocycles. The molecule has 9 rings (SSSR count). The number of hydrogen-bond acceptors (Lipinski definition) is 2. The molecule has 0 bridgehead atoms. The van der Waals surface area contributed by atoms with Crippen LogP contribution in [-0.4, -0.2) is 17.1 Å². The van der Waals surface area contributed by atoms with E-state index < -0.39 is 0 Å². The van der Waals surface area contributed by atoms with Gasteiger partial charge in [-0.1, -0.05) is 133 Å². The van der Waals surface area contributed by atoms with Gasteiger partial charge in [0.25, 0.3) is 0 Å². The monoisotopic (exact) mass is 603 g/mol. The van der Waals surface area contributed by atoms with Crippen molar-refractivity contribution in [2.75, 3.05) is 0 Å². The van der Waals surface area contributed by atoms with E-state index in [2.05, 4.69) is 150 Å². The summed E-state index contributed by atoms with van der Waals surface area (Å²) < 4.78 is 9.09. The van der Waals surface area contributed by atoms with Crippen molar-refractivity contribution >= 4 is 67.1 Å². The molecule has 0 aliphatic carbocycles. The quantitative estimate of drug-likeness (QED) is 0.143. The molecule has 0 N–H and O–H groups in total. The van der Waals surface area contributed by atoms with Crippen LogP contribution in [0.15, 0.2) is 166 Å². The van der Waals surface area contributed by atoms with Crippen LogP contribution in [0.25, 0.3) is 71.3 Å². The molecule has 7 aromatic carbocycles. The molecule has 0 unspecified atom stereocenters. The molecule has 0 amide bonds. The lowest BCUT2D eigenvalue weighted by Gasteiger charge is -2.10. The summed E-state index contributed by atoms with van der Waals surface area (Å²) in [5.74, 6) is 0.596. The van der Waals surface area contributed by atoms with Crippen molar-refractivity contribution in [3.8, 4) is 16.8 Å². The van der Waals surface area contributed by atoms with Gasteiger partial charge in [-0.3, -0.25) is 4.99 Å². The van der Waals surface area contributed by atoms with E-state index in [4.69, 9.17) is 9.41 Å². The van der Waals surface area contributed by atoms with Crippen LogP contribution in [0.4, 0.5) is 0 Å². The summed E-state index contributed by atoms with van der Waals surface area (Å²) in [6.45, 7) is 4.41. The second-order valence-electron chi connectivity index (χ2n) is 11.8. The van der Waals surface area contributed by atoms with Gasteiger partial charge in [-0.2, -0.15) is 0 Å². The maximum atomic E-state index is 6.73. The van der Waals surface area contributed by atoms with Crippen molar-refractivity contribution < 1.29 is 4.42 Å². The Morgan fingerprint density at radius 1 is 0.596 bits per heavy atom. The number of hydrogen-bond donors (Lipinski definition) is 0. The number of rotatable bonds is 5. The number of aromatic nitrogens is 1. The predicted molar refractivity (Wildman–Crippen MR) is 197 cm³/mol. The van der Waals surface area contributed by atoms with Gasteiger partial charge in [0, 0.05) is 32.5 Å². The van der Waals surface area contributed by atoms with Gasteiger partial charge >= 0.3 is 0 Å². The fraction of sp³-hybridized carbons (Fsp3) is 0.0233. The van der Waals surface area contributed by atoms with Crippen molar-refractivity contribution in [1.29, 1.82) is 0 Å². The van der Waals surface area contributed by atoms with E-state index in [-0.39, 0.29) is 0 Å². The normalized spacial score (nSPS) is 12.1. The molecule has 0 saturated heterocycles. The molecular formula is C43H29N3O. The summed E-state index contributed by atoms with van der Waals surface area (Å²) in [5.41, 5.74) is 9.31. The predicted octanol–water partition coefficient (Wildman–Crippen LogP) is 11.2. The molecule has 0 saturated carbocycles. The first kappa shape index (κ1) is 27.1. The third kappa shape index (κ3) is 4.38. The molecule has 47 heavy (non-hydrogen) atoms. The molecule has 0 aliphatic heterocycles. The smallest absolute Gasteiger partial charge is 0.159 e. The number of benzene rings is 7. The van der Waals surface area contributed by atoms with Crippen LogP contribution in [0.5, 0.6) is 0 Å². The Hall–Kier alpha value is -6.26. The molecule has 2 heterocycles. The largest absolute Gasteiger partial charge is 0.454 e. The molecule has 4 heteroatoms.